The van der Waals surface area contributed by atoms with Crippen LogP contribution in [0.25, 0.3) is 0 Å². The van der Waals surface area contributed by atoms with Crippen molar-refractivity contribution in [1.29, 1.82) is 0 Å². The Bertz CT molecular complexity index is 225. The van der Waals surface area contributed by atoms with E-state index in [-0.39, 0.29) is 12.4 Å². The van der Waals surface area contributed by atoms with E-state index >= 15 is 0 Å². The SMILES string of the molecule is O=[N+]([O-])C1(F)C=NC(F)N=C1. The average molecular weight is 163 g/mol. The van der Waals surface area contributed by atoms with Gasteiger partial charge in [-0.25, -0.2) is 9.98 Å². The smallest absolute Gasteiger partial charge is 0.261 e. The summed E-state index contributed by atoms with van der Waals surface area (Å²) in [7, 11) is 0. The highest BCUT2D eigenvalue weighted by Crippen LogP contribution is 2.12. The first kappa shape index (κ1) is 7.70. The first-order chi connectivity index (χ1) is 5.04. The molecule has 1 rings (SSSR count). The largest absolute Gasteiger partial charge is 0.430 e. The highest BCUT2D eigenvalue weighted by molar-refractivity contribution is 5.91. The summed E-state index contributed by atoms with van der Waals surface area (Å²) in [6.07, 6.45) is -1.35. The van der Waals surface area contributed by atoms with Crippen LogP contribution in [0, 0.1) is 10.1 Å². The molecule has 0 saturated heterocycles. The average Bonchev–Trinajstić information content (AvgIpc) is 1.95. The number of hydrogen-bond donors (Lipinski definition) is 0. The molecule has 0 spiro atoms. The molecule has 0 aliphatic carbocycles. The summed E-state index contributed by atoms with van der Waals surface area (Å²) in [5.74, 6) is -2.94. The molecule has 0 aromatic heterocycles. The lowest BCUT2D eigenvalue weighted by Gasteiger charge is -2.09. The molecule has 1 aliphatic heterocycles. The van der Waals surface area contributed by atoms with E-state index in [1.165, 1.54) is 0 Å². The number of rotatable bonds is 1. The van der Waals surface area contributed by atoms with Gasteiger partial charge in [0.05, 0.1) is 4.92 Å². The lowest BCUT2D eigenvalue weighted by molar-refractivity contribution is -0.554. The summed E-state index contributed by atoms with van der Waals surface area (Å²) < 4.78 is 24.7. The number of halogens is 2. The lowest BCUT2D eigenvalue weighted by Crippen LogP contribution is -2.39. The van der Waals surface area contributed by atoms with Crippen molar-refractivity contribution >= 4 is 12.4 Å². The molecule has 7 heteroatoms. The molecule has 0 fully saturated rings. The summed E-state index contributed by atoms with van der Waals surface area (Å²) >= 11 is 0. The van der Waals surface area contributed by atoms with E-state index in [4.69, 9.17) is 0 Å². The van der Waals surface area contributed by atoms with Crippen molar-refractivity contribution in [2.45, 2.75) is 12.2 Å². The van der Waals surface area contributed by atoms with Crippen LogP contribution in [0.2, 0.25) is 0 Å². The number of hydrogen-bond acceptors (Lipinski definition) is 4. The molecule has 0 radical (unpaired) electrons. The first-order valence-corrected chi connectivity index (χ1v) is 2.61. The van der Waals surface area contributed by atoms with Gasteiger partial charge in [-0.2, -0.15) is 8.78 Å². The monoisotopic (exact) mass is 163 g/mol. The molecular weight excluding hydrogens is 160 g/mol. The number of alkyl halides is 2. The second kappa shape index (κ2) is 2.33. The lowest BCUT2D eigenvalue weighted by atomic mass is 10.3. The summed E-state index contributed by atoms with van der Waals surface area (Å²) in [4.78, 5) is 14.3. The Kier molecular flexibility index (Phi) is 1.63. The summed E-state index contributed by atoms with van der Waals surface area (Å²) in [5, 5.41) is 9.91. The van der Waals surface area contributed by atoms with Crippen LogP contribution < -0.4 is 0 Å². The third-order valence-corrected chi connectivity index (χ3v) is 1.04. The van der Waals surface area contributed by atoms with Crippen molar-refractivity contribution in [3.05, 3.63) is 10.1 Å². The zero-order valence-corrected chi connectivity index (χ0v) is 5.15. The van der Waals surface area contributed by atoms with E-state index in [0.29, 0.717) is 0 Å². The molecule has 0 atom stereocenters. The Balaban J connectivity index is 2.85. The van der Waals surface area contributed by atoms with Crippen LogP contribution in [0.1, 0.15) is 0 Å². The van der Waals surface area contributed by atoms with Gasteiger partial charge in [-0.1, -0.05) is 0 Å². The molecule has 5 nitrogen and oxygen atoms in total. The number of nitrogens with zero attached hydrogens (tertiary/aromatic N) is 3. The maximum atomic E-state index is 12.7. The standard InChI is InChI=1S/C4H3F2N3O2/c5-3-7-1-4(6,2-8-3)9(10)11/h1-3H. The van der Waals surface area contributed by atoms with Crippen LogP contribution in [-0.4, -0.2) is 29.6 Å². The molecule has 0 N–H and O–H groups in total. The Morgan fingerprint density at radius 2 is 2.00 bits per heavy atom. The number of nitro groups is 1. The molecule has 0 aromatic carbocycles. The van der Waals surface area contributed by atoms with E-state index in [1.54, 1.807) is 0 Å². The van der Waals surface area contributed by atoms with Gasteiger partial charge in [-0.05, 0) is 0 Å². The van der Waals surface area contributed by atoms with Crippen molar-refractivity contribution in [1.82, 2.24) is 0 Å². The molecule has 0 aromatic rings. The van der Waals surface area contributed by atoms with E-state index < -0.39 is 17.1 Å². The van der Waals surface area contributed by atoms with Crippen molar-refractivity contribution in [2.24, 2.45) is 9.98 Å². The Labute approximate surface area is 59.6 Å². The highest BCUT2D eigenvalue weighted by atomic mass is 19.2. The zero-order valence-electron chi connectivity index (χ0n) is 5.15. The Morgan fingerprint density at radius 3 is 2.36 bits per heavy atom. The molecule has 0 bridgehead atoms. The Hall–Kier alpha value is -1.40. The van der Waals surface area contributed by atoms with E-state index in [2.05, 4.69) is 9.98 Å². The van der Waals surface area contributed by atoms with Crippen LogP contribution in [-0.2, 0) is 0 Å². The molecular formula is C4H3F2N3O2. The fraction of sp³-hybridized carbons (Fsp3) is 0.500. The van der Waals surface area contributed by atoms with Crippen molar-refractivity contribution < 1.29 is 13.7 Å². The third-order valence-electron chi connectivity index (χ3n) is 1.04. The van der Waals surface area contributed by atoms with Crippen LogP contribution in [0.3, 0.4) is 0 Å². The number of aliphatic imine (C=N–C) groups is 2. The van der Waals surface area contributed by atoms with Gasteiger partial charge in [-0.3, -0.25) is 10.1 Å². The van der Waals surface area contributed by atoms with Crippen LogP contribution >= 0.6 is 0 Å². The predicted molar refractivity (Wildman–Crippen MR) is 32.7 cm³/mol. The zero-order chi connectivity index (χ0) is 8.48. The summed E-state index contributed by atoms with van der Waals surface area (Å²) in [6, 6.07) is 0. The van der Waals surface area contributed by atoms with E-state index in [1.807, 2.05) is 0 Å². The fourth-order valence-electron chi connectivity index (χ4n) is 0.498. The minimum absolute atomic E-state index is 0.282. The minimum atomic E-state index is -2.94. The summed E-state index contributed by atoms with van der Waals surface area (Å²) in [5.41, 5.74) is 0. The molecule has 0 saturated carbocycles. The van der Waals surface area contributed by atoms with Crippen molar-refractivity contribution in [3.63, 3.8) is 0 Å². The molecule has 11 heavy (non-hydrogen) atoms. The van der Waals surface area contributed by atoms with Crippen LogP contribution in [0.5, 0.6) is 0 Å². The highest BCUT2D eigenvalue weighted by Gasteiger charge is 2.41. The van der Waals surface area contributed by atoms with Gasteiger partial charge < -0.3 is 0 Å². The third kappa shape index (κ3) is 1.36. The van der Waals surface area contributed by atoms with Crippen LogP contribution in [0.15, 0.2) is 9.98 Å². The van der Waals surface area contributed by atoms with Crippen molar-refractivity contribution in [3.8, 4) is 0 Å². The maximum absolute atomic E-state index is 12.7. The van der Waals surface area contributed by atoms with Gasteiger partial charge in [0.1, 0.15) is 12.4 Å². The predicted octanol–water partition coefficient (Wildman–Crippen LogP) is 0.337. The molecule has 1 heterocycles. The molecule has 60 valence electrons. The minimum Gasteiger partial charge on any atom is -0.261 e. The second-order valence-electron chi connectivity index (χ2n) is 1.85. The van der Waals surface area contributed by atoms with Gasteiger partial charge in [-0.15, -0.1) is 0 Å². The topological polar surface area (TPSA) is 67.9 Å². The van der Waals surface area contributed by atoms with E-state index in [0.717, 1.165) is 0 Å². The van der Waals surface area contributed by atoms with E-state index in [9.17, 15) is 18.9 Å². The van der Waals surface area contributed by atoms with Gasteiger partial charge in [0.15, 0.2) is 0 Å². The first-order valence-electron chi connectivity index (χ1n) is 2.61. The Morgan fingerprint density at radius 1 is 1.55 bits per heavy atom. The molecule has 1 aliphatic rings. The second-order valence-corrected chi connectivity index (χ2v) is 1.85. The maximum Gasteiger partial charge on any atom is 0.430 e. The van der Waals surface area contributed by atoms with Crippen LogP contribution in [0.4, 0.5) is 8.78 Å². The van der Waals surface area contributed by atoms with Crippen molar-refractivity contribution in [2.75, 3.05) is 0 Å². The van der Waals surface area contributed by atoms with Gasteiger partial charge in [0.25, 0.3) is 6.42 Å². The summed E-state index contributed by atoms with van der Waals surface area (Å²) in [6.45, 7) is 0. The molecule has 0 amide bonds. The van der Waals surface area contributed by atoms with Gasteiger partial charge in [0.2, 0.25) is 0 Å². The molecule has 0 unspecified atom stereocenters. The van der Waals surface area contributed by atoms with Gasteiger partial charge in [0, 0.05) is 0 Å². The van der Waals surface area contributed by atoms with Gasteiger partial charge >= 0.3 is 5.79 Å². The quantitative estimate of drug-likeness (QED) is 0.317. The normalized spacial score (nSPS) is 35.6. The fourth-order valence-corrected chi connectivity index (χ4v) is 0.498.